The van der Waals surface area contributed by atoms with Gasteiger partial charge in [-0.1, -0.05) is 35.0 Å². The molecule has 0 aliphatic carbocycles. The lowest BCUT2D eigenvalue weighted by Gasteiger charge is -2.35. The Morgan fingerprint density at radius 3 is 2.56 bits per heavy atom. The summed E-state index contributed by atoms with van der Waals surface area (Å²) in [5, 5.41) is 13.8. The third-order valence-corrected chi connectivity index (χ3v) is 4.80. The summed E-state index contributed by atoms with van der Waals surface area (Å²) < 4.78 is 0. The molecule has 0 amide bonds. The Labute approximate surface area is 165 Å². The van der Waals surface area contributed by atoms with Crippen molar-refractivity contribution in [3.05, 3.63) is 59.2 Å². The number of aromatic nitrogens is 1. The lowest BCUT2D eigenvalue weighted by Crippen LogP contribution is -2.47. The van der Waals surface area contributed by atoms with Crippen molar-refractivity contribution in [3.8, 4) is 0 Å². The number of benzene rings is 1. The Bertz CT molecular complexity index is 717. The van der Waals surface area contributed by atoms with E-state index in [0.29, 0.717) is 5.02 Å². The van der Waals surface area contributed by atoms with Crippen LogP contribution >= 0.6 is 11.6 Å². The molecule has 0 saturated carbocycles. The Balaban J connectivity index is 1.54. The number of anilines is 1. The first-order chi connectivity index (χ1) is 13.3. The van der Waals surface area contributed by atoms with Crippen LogP contribution in [0.5, 0.6) is 0 Å². The molecule has 1 saturated heterocycles. The van der Waals surface area contributed by atoms with Gasteiger partial charge in [-0.15, -0.1) is 0 Å². The van der Waals surface area contributed by atoms with Crippen LogP contribution < -0.4 is 4.90 Å². The van der Waals surface area contributed by atoms with E-state index >= 15 is 0 Å². The van der Waals surface area contributed by atoms with Crippen LogP contribution in [-0.2, 0) is 4.84 Å². The molecule has 1 aromatic heterocycles. The predicted molar refractivity (Wildman–Crippen MR) is 109 cm³/mol. The van der Waals surface area contributed by atoms with Gasteiger partial charge in [-0.25, -0.2) is 4.98 Å². The summed E-state index contributed by atoms with van der Waals surface area (Å²) in [7, 11) is 0. The summed E-state index contributed by atoms with van der Waals surface area (Å²) in [5.41, 5.74) is 1.86. The highest BCUT2D eigenvalue weighted by Crippen LogP contribution is 2.15. The fourth-order valence-electron chi connectivity index (χ4n) is 3.05. The van der Waals surface area contributed by atoms with E-state index in [-0.39, 0.29) is 13.2 Å². The number of nitrogens with zero attached hydrogens (tertiary/aromatic N) is 4. The number of hydrogen-bond acceptors (Lipinski definition) is 6. The SMILES string of the molecule is OCCO/N=C(/CCN1CCN(c2ccccn2)CC1)c1ccc(Cl)cc1. The summed E-state index contributed by atoms with van der Waals surface area (Å²) >= 11 is 5.98. The smallest absolute Gasteiger partial charge is 0.140 e. The van der Waals surface area contributed by atoms with Crippen LogP contribution in [0.3, 0.4) is 0 Å². The molecule has 0 atom stereocenters. The van der Waals surface area contributed by atoms with E-state index in [4.69, 9.17) is 21.5 Å². The van der Waals surface area contributed by atoms with Crippen LogP contribution in [0.4, 0.5) is 5.82 Å². The maximum atomic E-state index is 8.91. The number of hydrogen-bond donors (Lipinski definition) is 1. The van der Waals surface area contributed by atoms with E-state index in [2.05, 4.69) is 26.0 Å². The monoisotopic (exact) mass is 388 g/mol. The van der Waals surface area contributed by atoms with Gasteiger partial charge in [-0.05, 0) is 29.8 Å². The minimum absolute atomic E-state index is 0.0487. The van der Waals surface area contributed by atoms with Crippen LogP contribution in [-0.4, -0.2) is 66.6 Å². The molecule has 2 aromatic rings. The van der Waals surface area contributed by atoms with Crippen LogP contribution in [0.1, 0.15) is 12.0 Å². The molecule has 0 unspecified atom stereocenters. The van der Waals surface area contributed by atoms with Crippen molar-refractivity contribution >= 4 is 23.1 Å². The van der Waals surface area contributed by atoms with Gasteiger partial charge >= 0.3 is 0 Å². The van der Waals surface area contributed by atoms with Gasteiger partial charge in [0.25, 0.3) is 0 Å². The number of rotatable bonds is 8. The molecular formula is C20H25ClN4O2. The second kappa shape index (κ2) is 10.3. The average molecular weight is 389 g/mol. The lowest BCUT2D eigenvalue weighted by atomic mass is 10.1. The zero-order valence-corrected chi connectivity index (χ0v) is 16.1. The van der Waals surface area contributed by atoms with Crippen LogP contribution in [0.15, 0.2) is 53.8 Å². The van der Waals surface area contributed by atoms with E-state index in [9.17, 15) is 0 Å². The van der Waals surface area contributed by atoms with Gasteiger partial charge in [-0.3, -0.25) is 4.90 Å². The molecule has 0 radical (unpaired) electrons. The predicted octanol–water partition coefficient (Wildman–Crippen LogP) is 2.66. The van der Waals surface area contributed by atoms with Gasteiger partial charge in [-0.2, -0.15) is 0 Å². The van der Waals surface area contributed by atoms with E-state index in [1.807, 2.05) is 42.6 Å². The lowest BCUT2D eigenvalue weighted by molar-refractivity contribution is 0.0981. The molecule has 7 heteroatoms. The van der Waals surface area contributed by atoms with Crippen LogP contribution in [0, 0.1) is 0 Å². The normalized spacial score (nSPS) is 15.8. The number of piperazine rings is 1. The largest absolute Gasteiger partial charge is 0.393 e. The van der Waals surface area contributed by atoms with Gasteiger partial charge in [0.05, 0.1) is 12.3 Å². The zero-order chi connectivity index (χ0) is 18.9. The molecule has 1 aliphatic rings. The molecule has 0 bridgehead atoms. The molecule has 2 heterocycles. The molecule has 144 valence electrons. The van der Waals surface area contributed by atoms with Gasteiger partial charge in [0.1, 0.15) is 12.4 Å². The van der Waals surface area contributed by atoms with Crippen molar-refractivity contribution in [1.29, 1.82) is 0 Å². The van der Waals surface area contributed by atoms with Crippen molar-refractivity contribution < 1.29 is 9.94 Å². The van der Waals surface area contributed by atoms with Crippen LogP contribution in [0.25, 0.3) is 0 Å². The third kappa shape index (κ3) is 5.92. The standard InChI is InChI=1S/C20H25ClN4O2/c21-18-6-4-17(5-7-18)19(23-27-16-15-26)8-10-24-11-13-25(14-12-24)20-3-1-2-9-22-20/h1-7,9,26H,8,10-16H2/b23-19-. The van der Waals surface area contributed by atoms with E-state index in [1.54, 1.807) is 0 Å². The summed E-state index contributed by atoms with van der Waals surface area (Å²) in [5.74, 6) is 1.04. The quantitative estimate of drug-likeness (QED) is 0.428. The summed E-state index contributed by atoms with van der Waals surface area (Å²) in [6, 6.07) is 13.6. The van der Waals surface area contributed by atoms with Gasteiger partial charge in [0, 0.05) is 50.4 Å². The van der Waals surface area contributed by atoms with E-state index < -0.39 is 0 Å². The maximum absolute atomic E-state index is 8.91. The Kier molecular flexibility index (Phi) is 7.45. The molecule has 3 rings (SSSR count). The second-order valence-corrected chi connectivity index (χ2v) is 6.80. The van der Waals surface area contributed by atoms with Crippen molar-refractivity contribution in [1.82, 2.24) is 9.88 Å². The van der Waals surface area contributed by atoms with Crippen molar-refractivity contribution in [2.45, 2.75) is 6.42 Å². The number of oxime groups is 1. The maximum Gasteiger partial charge on any atom is 0.140 e. The molecular weight excluding hydrogens is 364 g/mol. The van der Waals surface area contributed by atoms with Crippen LogP contribution in [0.2, 0.25) is 5.02 Å². The first-order valence-corrected chi connectivity index (χ1v) is 9.58. The van der Waals surface area contributed by atoms with Crippen molar-refractivity contribution in [2.75, 3.05) is 50.8 Å². The fraction of sp³-hybridized carbons (Fsp3) is 0.400. The second-order valence-electron chi connectivity index (χ2n) is 6.37. The molecule has 1 aliphatic heterocycles. The topological polar surface area (TPSA) is 61.2 Å². The van der Waals surface area contributed by atoms with E-state index in [1.165, 1.54) is 0 Å². The molecule has 1 aromatic carbocycles. The van der Waals surface area contributed by atoms with Gasteiger partial charge in [0.15, 0.2) is 0 Å². The summed E-state index contributed by atoms with van der Waals surface area (Å²) in [6.07, 6.45) is 2.61. The highest BCUT2D eigenvalue weighted by atomic mass is 35.5. The third-order valence-electron chi connectivity index (χ3n) is 4.55. The molecule has 0 spiro atoms. The van der Waals surface area contributed by atoms with Gasteiger partial charge < -0.3 is 14.8 Å². The molecule has 1 fully saturated rings. The minimum Gasteiger partial charge on any atom is -0.393 e. The molecule has 27 heavy (non-hydrogen) atoms. The number of aliphatic hydroxyl groups excluding tert-OH is 1. The Morgan fingerprint density at radius 2 is 1.89 bits per heavy atom. The summed E-state index contributed by atoms with van der Waals surface area (Å²) in [6.45, 7) is 4.95. The Morgan fingerprint density at radius 1 is 1.11 bits per heavy atom. The highest BCUT2D eigenvalue weighted by Gasteiger charge is 2.18. The molecule has 6 nitrogen and oxygen atoms in total. The summed E-state index contributed by atoms with van der Waals surface area (Å²) in [4.78, 5) is 14.4. The molecule has 1 N–H and O–H groups in total. The Hall–Kier alpha value is -2.15. The highest BCUT2D eigenvalue weighted by molar-refractivity contribution is 6.30. The van der Waals surface area contributed by atoms with Crippen molar-refractivity contribution in [2.24, 2.45) is 5.16 Å². The first kappa shape index (κ1) is 19.6. The number of aliphatic hydroxyl groups is 1. The van der Waals surface area contributed by atoms with Gasteiger partial charge in [0.2, 0.25) is 0 Å². The first-order valence-electron chi connectivity index (χ1n) is 9.20. The number of halogens is 1. The van der Waals surface area contributed by atoms with Crippen molar-refractivity contribution in [3.63, 3.8) is 0 Å². The minimum atomic E-state index is -0.0487. The average Bonchev–Trinajstić information content (AvgIpc) is 2.72. The van der Waals surface area contributed by atoms with E-state index in [0.717, 1.165) is 56.2 Å². The zero-order valence-electron chi connectivity index (χ0n) is 15.3. The fourth-order valence-corrected chi connectivity index (χ4v) is 3.18. The number of pyridine rings is 1.